The van der Waals surface area contributed by atoms with Crippen LogP contribution in [0.3, 0.4) is 0 Å². The molecule has 23 heavy (non-hydrogen) atoms. The van der Waals surface area contributed by atoms with E-state index in [0.717, 1.165) is 19.3 Å². The summed E-state index contributed by atoms with van der Waals surface area (Å²) in [6.07, 6.45) is 3.86. The largest absolute Gasteiger partial charge is 0.408 e. The van der Waals surface area contributed by atoms with Gasteiger partial charge in [0.05, 0.1) is 6.42 Å². The van der Waals surface area contributed by atoms with Crippen molar-refractivity contribution in [2.75, 3.05) is 5.32 Å². The molecule has 0 spiro atoms. The van der Waals surface area contributed by atoms with Crippen LogP contribution in [0.15, 0.2) is 59.0 Å². The van der Waals surface area contributed by atoms with Gasteiger partial charge in [-0.2, -0.15) is 0 Å². The lowest BCUT2D eigenvalue weighted by Gasteiger charge is -2.24. The Bertz CT molecular complexity index is 782. The number of nitrogens with one attached hydrogen (secondary N) is 1. The predicted octanol–water partition coefficient (Wildman–Crippen LogP) is 3.63. The second kappa shape index (κ2) is 6.24. The molecular formula is C19H19N3O. The summed E-state index contributed by atoms with van der Waals surface area (Å²) in [6.45, 7) is 0. The van der Waals surface area contributed by atoms with E-state index in [2.05, 4.69) is 51.9 Å². The number of nitrogens with zero attached hydrogens (tertiary/aromatic N) is 2. The molecule has 2 aromatic carbocycles. The third kappa shape index (κ3) is 3.26. The first-order valence-electron chi connectivity index (χ1n) is 8.06. The van der Waals surface area contributed by atoms with Crippen LogP contribution in [0, 0.1) is 0 Å². The Morgan fingerprint density at radius 1 is 0.957 bits per heavy atom. The Labute approximate surface area is 135 Å². The molecule has 1 atom stereocenters. The predicted molar refractivity (Wildman–Crippen MR) is 89.4 cm³/mol. The zero-order chi connectivity index (χ0) is 15.5. The molecule has 0 aliphatic heterocycles. The van der Waals surface area contributed by atoms with Gasteiger partial charge in [0.15, 0.2) is 0 Å². The first-order chi connectivity index (χ1) is 11.4. The molecular weight excluding hydrogens is 286 g/mol. The van der Waals surface area contributed by atoms with E-state index in [0.29, 0.717) is 24.4 Å². The average molecular weight is 305 g/mol. The minimum absolute atomic E-state index is 0.356. The molecule has 0 amide bonds. The Kier molecular flexibility index (Phi) is 3.80. The highest BCUT2D eigenvalue weighted by Gasteiger charge is 2.19. The van der Waals surface area contributed by atoms with Gasteiger partial charge in [0, 0.05) is 6.04 Å². The van der Waals surface area contributed by atoms with Crippen molar-refractivity contribution in [1.82, 2.24) is 10.2 Å². The molecule has 0 bridgehead atoms. The van der Waals surface area contributed by atoms with Gasteiger partial charge >= 0.3 is 6.01 Å². The molecule has 4 rings (SSSR count). The van der Waals surface area contributed by atoms with E-state index in [1.54, 1.807) is 0 Å². The van der Waals surface area contributed by atoms with E-state index in [1.807, 2.05) is 18.2 Å². The summed E-state index contributed by atoms with van der Waals surface area (Å²) in [5.41, 5.74) is 4.05. The van der Waals surface area contributed by atoms with E-state index >= 15 is 0 Å². The van der Waals surface area contributed by atoms with Crippen LogP contribution in [-0.2, 0) is 19.3 Å². The van der Waals surface area contributed by atoms with Gasteiger partial charge in [-0.3, -0.25) is 0 Å². The minimum Gasteiger partial charge on any atom is -0.408 e. The molecule has 3 aromatic rings. The highest BCUT2D eigenvalue weighted by molar-refractivity contribution is 5.33. The van der Waals surface area contributed by atoms with Gasteiger partial charge in [-0.1, -0.05) is 59.7 Å². The number of fused-ring (bicyclic) bond motifs is 1. The van der Waals surface area contributed by atoms with Crippen LogP contribution in [0.1, 0.15) is 29.0 Å². The molecule has 1 N–H and O–H groups in total. The van der Waals surface area contributed by atoms with Crippen molar-refractivity contribution >= 4 is 6.01 Å². The third-order valence-electron chi connectivity index (χ3n) is 4.34. The molecule has 0 fully saturated rings. The number of hydrogen-bond acceptors (Lipinski definition) is 4. The van der Waals surface area contributed by atoms with Crippen molar-refractivity contribution in [2.45, 2.75) is 31.7 Å². The molecule has 116 valence electrons. The quantitative estimate of drug-likeness (QED) is 0.799. The van der Waals surface area contributed by atoms with Crippen LogP contribution >= 0.6 is 0 Å². The number of aryl methyl sites for hydroxylation is 1. The highest BCUT2D eigenvalue weighted by Crippen LogP contribution is 2.23. The van der Waals surface area contributed by atoms with Crippen LogP contribution in [0.25, 0.3) is 0 Å². The summed E-state index contributed by atoms with van der Waals surface area (Å²) in [7, 11) is 0. The fourth-order valence-electron chi connectivity index (χ4n) is 3.15. The summed E-state index contributed by atoms with van der Waals surface area (Å²) in [6, 6.07) is 19.7. The van der Waals surface area contributed by atoms with Crippen molar-refractivity contribution in [2.24, 2.45) is 0 Å². The Morgan fingerprint density at radius 3 is 2.61 bits per heavy atom. The van der Waals surface area contributed by atoms with Crippen molar-refractivity contribution in [3.8, 4) is 0 Å². The van der Waals surface area contributed by atoms with Crippen LogP contribution in [0.4, 0.5) is 6.01 Å². The van der Waals surface area contributed by atoms with Gasteiger partial charge in [0.2, 0.25) is 5.89 Å². The number of hydrogen-bond donors (Lipinski definition) is 1. The minimum atomic E-state index is 0.356. The second-order valence-corrected chi connectivity index (χ2v) is 6.02. The first-order valence-corrected chi connectivity index (χ1v) is 8.06. The van der Waals surface area contributed by atoms with E-state index in [4.69, 9.17) is 4.42 Å². The highest BCUT2D eigenvalue weighted by atomic mass is 16.4. The molecule has 1 aliphatic carbocycles. The van der Waals surface area contributed by atoms with Crippen LogP contribution in [0.2, 0.25) is 0 Å². The summed E-state index contributed by atoms with van der Waals surface area (Å²) in [4.78, 5) is 0. The number of anilines is 1. The molecule has 0 radical (unpaired) electrons. The SMILES string of the molecule is c1ccc(Cc2nnc(NC3CCc4ccccc4C3)o2)cc1. The number of aromatic nitrogens is 2. The van der Waals surface area contributed by atoms with Gasteiger partial charge in [-0.15, -0.1) is 5.10 Å². The molecule has 1 heterocycles. The molecule has 1 aromatic heterocycles. The van der Waals surface area contributed by atoms with E-state index in [9.17, 15) is 0 Å². The third-order valence-corrected chi connectivity index (χ3v) is 4.34. The fraction of sp³-hybridized carbons (Fsp3) is 0.263. The van der Waals surface area contributed by atoms with Crippen LogP contribution < -0.4 is 5.32 Å². The molecule has 1 aliphatic rings. The average Bonchev–Trinajstić information content (AvgIpc) is 3.02. The lowest BCUT2D eigenvalue weighted by Crippen LogP contribution is -2.27. The van der Waals surface area contributed by atoms with Crippen LogP contribution in [-0.4, -0.2) is 16.2 Å². The summed E-state index contributed by atoms with van der Waals surface area (Å²) in [5.74, 6) is 0.648. The molecule has 0 saturated heterocycles. The second-order valence-electron chi connectivity index (χ2n) is 6.02. The normalized spacial score (nSPS) is 16.8. The Morgan fingerprint density at radius 2 is 1.74 bits per heavy atom. The zero-order valence-corrected chi connectivity index (χ0v) is 12.9. The van der Waals surface area contributed by atoms with Gasteiger partial charge in [-0.05, 0) is 36.0 Å². The number of benzene rings is 2. The van der Waals surface area contributed by atoms with Gasteiger partial charge in [0.25, 0.3) is 0 Å². The number of rotatable bonds is 4. The zero-order valence-electron chi connectivity index (χ0n) is 12.9. The summed E-state index contributed by atoms with van der Waals surface area (Å²) < 4.78 is 5.74. The smallest absolute Gasteiger partial charge is 0.315 e. The van der Waals surface area contributed by atoms with Gasteiger partial charge in [0.1, 0.15) is 0 Å². The summed E-state index contributed by atoms with van der Waals surface area (Å²) in [5, 5.41) is 11.7. The lowest BCUT2D eigenvalue weighted by molar-refractivity contribution is 0.499. The summed E-state index contributed by atoms with van der Waals surface area (Å²) >= 11 is 0. The van der Waals surface area contributed by atoms with E-state index < -0.39 is 0 Å². The standard InChI is InChI=1S/C19H19N3O/c1-2-6-14(7-3-1)12-18-21-22-19(23-18)20-17-11-10-15-8-4-5-9-16(15)13-17/h1-9,17H,10-13H2,(H,20,22). The fourth-order valence-corrected chi connectivity index (χ4v) is 3.15. The maximum atomic E-state index is 5.74. The molecule has 1 unspecified atom stereocenters. The Balaban J connectivity index is 1.41. The van der Waals surface area contributed by atoms with E-state index in [1.165, 1.54) is 16.7 Å². The van der Waals surface area contributed by atoms with Crippen LogP contribution in [0.5, 0.6) is 0 Å². The molecule has 4 nitrogen and oxygen atoms in total. The van der Waals surface area contributed by atoms with E-state index in [-0.39, 0.29) is 0 Å². The Hall–Kier alpha value is -2.62. The van der Waals surface area contributed by atoms with Crippen molar-refractivity contribution < 1.29 is 4.42 Å². The maximum Gasteiger partial charge on any atom is 0.315 e. The topological polar surface area (TPSA) is 51.0 Å². The lowest BCUT2D eigenvalue weighted by atomic mass is 9.88. The first kappa shape index (κ1) is 14.0. The van der Waals surface area contributed by atoms with Gasteiger partial charge in [-0.25, -0.2) is 0 Å². The van der Waals surface area contributed by atoms with Crippen molar-refractivity contribution in [3.63, 3.8) is 0 Å². The van der Waals surface area contributed by atoms with Gasteiger partial charge < -0.3 is 9.73 Å². The molecule has 4 heteroatoms. The molecule has 0 saturated carbocycles. The maximum absolute atomic E-state index is 5.74. The van der Waals surface area contributed by atoms with Crippen molar-refractivity contribution in [1.29, 1.82) is 0 Å². The monoisotopic (exact) mass is 305 g/mol. The van der Waals surface area contributed by atoms with Crippen molar-refractivity contribution in [3.05, 3.63) is 77.2 Å².